The van der Waals surface area contributed by atoms with E-state index in [2.05, 4.69) is 4.98 Å². The van der Waals surface area contributed by atoms with E-state index in [9.17, 15) is 4.79 Å². The van der Waals surface area contributed by atoms with E-state index in [4.69, 9.17) is 11.5 Å². The van der Waals surface area contributed by atoms with Gasteiger partial charge in [0.2, 0.25) is 0 Å². The van der Waals surface area contributed by atoms with Crippen LogP contribution in [-0.4, -0.2) is 10.8 Å². The molecule has 18 heavy (non-hydrogen) atoms. The monoisotopic (exact) mass is 241 g/mol. The van der Waals surface area contributed by atoms with Gasteiger partial charge >= 0.3 is 0 Å². The number of nitrogens with two attached hydrogens (primary N) is 2. The van der Waals surface area contributed by atoms with Crippen molar-refractivity contribution in [3.8, 4) is 0 Å². The molecule has 4 heteroatoms. The van der Waals surface area contributed by atoms with Gasteiger partial charge in [-0.25, -0.2) is 4.98 Å². The van der Waals surface area contributed by atoms with Crippen LogP contribution in [0.2, 0.25) is 0 Å². The van der Waals surface area contributed by atoms with E-state index in [1.807, 2.05) is 19.1 Å². The summed E-state index contributed by atoms with van der Waals surface area (Å²) in [5, 5.41) is 0. The lowest BCUT2D eigenvalue weighted by molar-refractivity contribution is 0.0993. The average Bonchev–Trinajstić information content (AvgIpc) is 2.28. The highest BCUT2D eigenvalue weighted by molar-refractivity contribution is 6.02. The maximum absolute atomic E-state index is 12.2. The molecule has 92 valence electrons. The lowest BCUT2D eigenvalue weighted by Crippen LogP contribution is -2.10. The highest BCUT2D eigenvalue weighted by atomic mass is 16.1. The van der Waals surface area contributed by atoms with Crippen molar-refractivity contribution in [3.05, 3.63) is 53.2 Å². The molecule has 4 nitrogen and oxygen atoms in total. The summed E-state index contributed by atoms with van der Waals surface area (Å²) in [5.74, 6) is 0.243. The SMILES string of the molecule is Cc1ccnc(N)c1C(=O)Cc1cccc(N)c1. The number of pyridine rings is 1. The fourth-order valence-electron chi connectivity index (χ4n) is 1.92. The van der Waals surface area contributed by atoms with Gasteiger partial charge in [0.05, 0.1) is 5.56 Å². The summed E-state index contributed by atoms with van der Waals surface area (Å²) in [6.45, 7) is 1.85. The Kier molecular flexibility index (Phi) is 3.28. The molecule has 0 amide bonds. The van der Waals surface area contributed by atoms with E-state index in [1.165, 1.54) is 0 Å². The molecule has 1 aromatic carbocycles. The topological polar surface area (TPSA) is 82.0 Å². The van der Waals surface area contributed by atoms with Crippen LogP contribution in [0.3, 0.4) is 0 Å². The van der Waals surface area contributed by atoms with Crippen molar-refractivity contribution in [2.45, 2.75) is 13.3 Å². The number of hydrogen-bond donors (Lipinski definition) is 2. The minimum absolute atomic E-state index is 0.0382. The summed E-state index contributed by atoms with van der Waals surface area (Å²) < 4.78 is 0. The number of Topliss-reactive ketones (excluding diaryl/α,β-unsaturated/α-hetero) is 1. The highest BCUT2D eigenvalue weighted by Gasteiger charge is 2.14. The molecule has 0 saturated carbocycles. The van der Waals surface area contributed by atoms with Gasteiger partial charge in [0.15, 0.2) is 5.78 Å². The van der Waals surface area contributed by atoms with E-state index in [0.29, 0.717) is 11.3 Å². The first-order chi connectivity index (χ1) is 8.58. The summed E-state index contributed by atoms with van der Waals surface area (Å²) >= 11 is 0. The fourth-order valence-corrected chi connectivity index (χ4v) is 1.92. The van der Waals surface area contributed by atoms with Gasteiger partial charge in [-0.1, -0.05) is 12.1 Å². The van der Waals surface area contributed by atoms with E-state index in [-0.39, 0.29) is 18.0 Å². The number of rotatable bonds is 3. The molecule has 0 aliphatic heterocycles. The maximum atomic E-state index is 12.2. The van der Waals surface area contributed by atoms with Crippen LogP contribution in [0, 0.1) is 6.92 Å². The fraction of sp³-hybridized carbons (Fsp3) is 0.143. The van der Waals surface area contributed by atoms with Gasteiger partial charge in [0.25, 0.3) is 0 Å². The van der Waals surface area contributed by atoms with Crippen molar-refractivity contribution in [1.82, 2.24) is 4.98 Å². The number of hydrogen-bond acceptors (Lipinski definition) is 4. The summed E-state index contributed by atoms with van der Waals surface area (Å²) in [4.78, 5) is 16.2. The Hall–Kier alpha value is -2.36. The molecule has 1 heterocycles. The number of aryl methyl sites for hydroxylation is 1. The van der Waals surface area contributed by atoms with Crippen LogP contribution >= 0.6 is 0 Å². The third-order valence-electron chi connectivity index (χ3n) is 2.78. The molecule has 2 aromatic rings. The molecular formula is C14H15N3O. The Bertz CT molecular complexity index is 573. The molecule has 1 aromatic heterocycles. The van der Waals surface area contributed by atoms with Crippen LogP contribution in [0.5, 0.6) is 0 Å². The van der Waals surface area contributed by atoms with Crippen LogP contribution in [0.25, 0.3) is 0 Å². The first kappa shape index (κ1) is 12.1. The Morgan fingerprint density at radius 2 is 2.06 bits per heavy atom. The molecule has 4 N–H and O–H groups in total. The number of nitrogen functional groups attached to an aromatic ring is 2. The van der Waals surface area contributed by atoms with Gasteiger partial charge in [-0.05, 0) is 36.2 Å². The second-order valence-electron chi connectivity index (χ2n) is 4.23. The summed E-state index contributed by atoms with van der Waals surface area (Å²) in [6, 6.07) is 9.06. The van der Waals surface area contributed by atoms with Crippen LogP contribution < -0.4 is 11.5 Å². The molecule has 0 atom stereocenters. The summed E-state index contributed by atoms with van der Waals surface area (Å²) in [6.07, 6.45) is 1.88. The predicted molar refractivity (Wildman–Crippen MR) is 72.3 cm³/mol. The van der Waals surface area contributed by atoms with Gasteiger partial charge in [-0.15, -0.1) is 0 Å². The number of benzene rings is 1. The van der Waals surface area contributed by atoms with Gasteiger partial charge in [-0.3, -0.25) is 4.79 Å². The average molecular weight is 241 g/mol. The Labute approximate surface area is 106 Å². The summed E-state index contributed by atoms with van der Waals surface area (Å²) in [5.41, 5.74) is 14.3. The van der Waals surface area contributed by atoms with Crippen molar-refractivity contribution in [3.63, 3.8) is 0 Å². The predicted octanol–water partition coefficient (Wildman–Crippen LogP) is 1.98. The normalized spacial score (nSPS) is 10.3. The third kappa shape index (κ3) is 2.48. The Morgan fingerprint density at radius 3 is 2.72 bits per heavy atom. The number of ketones is 1. The molecule has 2 rings (SSSR count). The molecule has 0 aliphatic rings. The first-order valence-corrected chi connectivity index (χ1v) is 5.66. The number of carbonyl (C=O) groups is 1. The lowest BCUT2D eigenvalue weighted by Gasteiger charge is -2.07. The molecule has 0 saturated heterocycles. The minimum Gasteiger partial charge on any atom is -0.399 e. The molecule has 0 fully saturated rings. The quantitative estimate of drug-likeness (QED) is 0.636. The zero-order valence-electron chi connectivity index (χ0n) is 10.2. The third-order valence-corrected chi connectivity index (χ3v) is 2.78. The molecule has 0 bridgehead atoms. The second-order valence-corrected chi connectivity index (χ2v) is 4.23. The van der Waals surface area contributed by atoms with Gasteiger partial charge < -0.3 is 11.5 Å². The second kappa shape index (κ2) is 4.87. The number of nitrogens with zero attached hydrogens (tertiary/aromatic N) is 1. The van der Waals surface area contributed by atoms with Crippen molar-refractivity contribution < 1.29 is 4.79 Å². The molecular weight excluding hydrogens is 226 g/mol. The van der Waals surface area contributed by atoms with Crippen LogP contribution in [0.15, 0.2) is 36.5 Å². The Balaban J connectivity index is 2.28. The number of anilines is 2. The number of carbonyl (C=O) groups excluding carboxylic acids is 1. The maximum Gasteiger partial charge on any atom is 0.171 e. The van der Waals surface area contributed by atoms with Crippen LogP contribution in [0.1, 0.15) is 21.5 Å². The van der Waals surface area contributed by atoms with Crippen molar-refractivity contribution in [1.29, 1.82) is 0 Å². The smallest absolute Gasteiger partial charge is 0.171 e. The van der Waals surface area contributed by atoms with E-state index < -0.39 is 0 Å². The van der Waals surface area contributed by atoms with Gasteiger partial charge in [0, 0.05) is 18.3 Å². The lowest BCUT2D eigenvalue weighted by atomic mass is 10.00. The molecule has 0 radical (unpaired) electrons. The van der Waals surface area contributed by atoms with Crippen molar-refractivity contribution in [2.75, 3.05) is 11.5 Å². The van der Waals surface area contributed by atoms with Gasteiger partial charge in [-0.2, -0.15) is 0 Å². The van der Waals surface area contributed by atoms with E-state index in [0.717, 1.165) is 11.1 Å². The van der Waals surface area contributed by atoms with Gasteiger partial charge in [0.1, 0.15) is 5.82 Å². The number of aromatic nitrogens is 1. The first-order valence-electron chi connectivity index (χ1n) is 5.66. The van der Waals surface area contributed by atoms with Crippen LogP contribution in [-0.2, 0) is 6.42 Å². The largest absolute Gasteiger partial charge is 0.399 e. The van der Waals surface area contributed by atoms with Crippen LogP contribution in [0.4, 0.5) is 11.5 Å². The standard InChI is InChI=1S/C14H15N3O/c1-9-5-6-17-14(16)13(9)12(18)8-10-3-2-4-11(15)7-10/h2-7H,8,15H2,1H3,(H2,16,17). The minimum atomic E-state index is -0.0382. The molecule has 0 spiro atoms. The zero-order chi connectivity index (χ0) is 13.1. The zero-order valence-corrected chi connectivity index (χ0v) is 10.2. The molecule has 0 aliphatic carbocycles. The van der Waals surface area contributed by atoms with Crippen molar-refractivity contribution >= 4 is 17.3 Å². The van der Waals surface area contributed by atoms with Crippen molar-refractivity contribution in [2.24, 2.45) is 0 Å². The van der Waals surface area contributed by atoms with E-state index >= 15 is 0 Å². The molecule has 0 unspecified atom stereocenters. The Morgan fingerprint density at radius 1 is 1.28 bits per heavy atom. The van der Waals surface area contributed by atoms with E-state index in [1.54, 1.807) is 24.4 Å². The summed E-state index contributed by atoms with van der Waals surface area (Å²) in [7, 11) is 0. The highest BCUT2D eigenvalue weighted by Crippen LogP contribution is 2.17.